The molecule has 1 aliphatic rings. The normalized spacial score (nSPS) is 18.3. The Kier molecular flexibility index (Phi) is 4.03. The molecule has 3 heteroatoms. The number of rotatable bonds is 3. The maximum atomic E-state index is 5.29. The van der Waals surface area contributed by atoms with Gasteiger partial charge in [0.1, 0.15) is 0 Å². The summed E-state index contributed by atoms with van der Waals surface area (Å²) in [6.45, 7) is 7.47. The van der Waals surface area contributed by atoms with Crippen molar-refractivity contribution in [2.45, 2.75) is 39.4 Å². The van der Waals surface area contributed by atoms with E-state index in [1.165, 1.54) is 34.4 Å². The Morgan fingerprint density at radius 1 is 1.08 bits per heavy atom. The van der Waals surface area contributed by atoms with Crippen molar-refractivity contribution in [2.24, 2.45) is 0 Å². The zero-order valence-corrected chi connectivity index (χ0v) is 14.4. The molecule has 0 bridgehead atoms. The minimum Gasteiger partial charge on any atom is -0.472 e. The van der Waals surface area contributed by atoms with Crippen LogP contribution in [0.2, 0.25) is 0 Å². The third kappa shape index (κ3) is 2.80. The Morgan fingerprint density at radius 2 is 2.00 bits per heavy atom. The van der Waals surface area contributed by atoms with E-state index in [0.29, 0.717) is 0 Å². The first kappa shape index (κ1) is 15.3. The summed E-state index contributed by atoms with van der Waals surface area (Å²) < 4.78 is 7.70. The van der Waals surface area contributed by atoms with Gasteiger partial charge >= 0.3 is 0 Å². The Hall–Kier alpha value is -2.26. The molecule has 1 atom stereocenters. The molecular formula is C21H24N2O. The highest BCUT2D eigenvalue weighted by atomic mass is 16.3. The fraction of sp³-hybridized carbons (Fsp3) is 0.333. The number of benzene rings is 1. The second-order valence-corrected chi connectivity index (χ2v) is 6.83. The third-order valence-electron chi connectivity index (χ3n) is 5.17. The molecule has 24 heavy (non-hydrogen) atoms. The SMILES string of the molecule is Cc1ccc([C@H]2c3cccn3CCCN2Cc2ccoc2)cc1C. The number of hydrogen-bond acceptors (Lipinski definition) is 2. The van der Waals surface area contributed by atoms with Gasteiger partial charge in [-0.1, -0.05) is 18.2 Å². The molecule has 0 saturated carbocycles. The lowest BCUT2D eigenvalue weighted by Crippen LogP contribution is -2.29. The van der Waals surface area contributed by atoms with E-state index in [-0.39, 0.29) is 6.04 Å². The zero-order valence-electron chi connectivity index (χ0n) is 14.4. The molecule has 1 aliphatic heterocycles. The third-order valence-corrected chi connectivity index (χ3v) is 5.17. The number of fused-ring (bicyclic) bond motifs is 1. The van der Waals surface area contributed by atoms with Crippen LogP contribution in [0, 0.1) is 13.8 Å². The van der Waals surface area contributed by atoms with E-state index in [9.17, 15) is 0 Å². The fourth-order valence-electron chi connectivity index (χ4n) is 3.74. The van der Waals surface area contributed by atoms with Gasteiger partial charge in [0.15, 0.2) is 0 Å². The number of hydrogen-bond donors (Lipinski definition) is 0. The Balaban J connectivity index is 1.77. The van der Waals surface area contributed by atoms with Crippen molar-refractivity contribution >= 4 is 0 Å². The van der Waals surface area contributed by atoms with Crippen molar-refractivity contribution in [2.75, 3.05) is 6.54 Å². The molecule has 3 aromatic rings. The summed E-state index contributed by atoms with van der Waals surface area (Å²) in [5.74, 6) is 0. The molecule has 0 N–H and O–H groups in total. The monoisotopic (exact) mass is 320 g/mol. The van der Waals surface area contributed by atoms with Gasteiger partial charge in [-0.05, 0) is 55.2 Å². The zero-order chi connectivity index (χ0) is 16.5. The summed E-state index contributed by atoms with van der Waals surface area (Å²) in [5.41, 5.74) is 6.72. The van der Waals surface area contributed by atoms with Crippen LogP contribution in [0.1, 0.15) is 40.4 Å². The molecule has 0 amide bonds. The largest absolute Gasteiger partial charge is 0.472 e. The van der Waals surface area contributed by atoms with Crippen LogP contribution < -0.4 is 0 Å². The van der Waals surface area contributed by atoms with Gasteiger partial charge in [0, 0.05) is 37.1 Å². The van der Waals surface area contributed by atoms with E-state index in [1.807, 2.05) is 6.26 Å². The lowest BCUT2D eigenvalue weighted by atomic mass is 9.97. The second-order valence-electron chi connectivity index (χ2n) is 6.83. The molecule has 4 rings (SSSR count). The molecule has 3 nitrogen and oxygen atoms in total. The summed E-state index contributed by atoms with van der Waals surface area (Å²) in [6, 6.07) is 13.7. The molecule has 0 spiro atoms. The van der Waals surface area contributed by atoms with E-state index in [4.69, 9.17) is 4.42 Å². The van der Waals surface area contributed by atoms with Gasteiger partial charge in [-0.3, -0.25) is 4.90 Å². The lowest BCUT2D eigenvalue weighted by molar-refractivity contribution is 0.219. The maximum absolute atomic E-state index is 5.29. The summed E-state index contributed by atoms with van der Waals surface area (Å²) in [6.07, 6.45) is 7.01. The van der Waals surface area contributed by atoms with Gasteiger partial charge in [-0.2, -0.15) is 0 Å². The van der Waals surface area contributed by atoms with E-state index in [2.05, 4.69) is 65.9 Å². The van der Waals surface area contributed by atoms with Crippen molar-refractivity contribution in [3.8, 4) is 0 Å². The van der Waals surface area contributed by atoms with Crippen LogP contribution >= 0.6 is 0 Å². The topological polar surface area (TPSA) is 21.3 Å². The first-order valence-electron chi connectivity index (χ1n) is 8.70. The highest BCUT2D eigenvalue weighted by Gasteiger charge is 2.27. The van der Waals surface area contributed by atoms with Gasteiger partial charge in [0.05, 0.1) is 18.6 Å². The number of furan rings is 1. The smallest absolute Gasteiger partial charge is 0.0947 e. The van der Waals surface area contributed by atoms with E-state index in [1.54, 1.807) is 6.26 Å². The number of aromatic nitrogens is 1. The minimum absolute atomic E-state index is 0.289. The van der Waals surface area contributed by atoms with Gasteiger partial charge < -0.3 is 8.98 Å². The highest BCUT2D eigenvalue weighted by Crippen LogP contribution is 2.33. The number of aryl methyl sites for hydroxylation is 3. The van der Waals surface area contributed by atoms with Crippen molar-refractivity contribution < 1.29 is 4.42 Å². The fourth-order valence-corrected chi connectivity index (χ4v) is 3.74. The van der Waals surface area contributed by atoms with Crippen LogP contribution in [0.5, 0.6) is 0 Å². The van der Waals surface area contributed by atoms with Crippen molar-refractivity contribution in [1.82, 2.24) is 9.47 Å². The minimum atomic E-state index is 0.289. The molecule has 3 heterocycles. The van der Waals surface area contributed by atoms with Crippen LogP contribution in [-0.4, -0.2) is 16.0 Å². The first-order valence-corrected chi connectivity index (χ1v) is 8.70. The first-order chi connectivity index (χ1) is 11.7. The van der Waals surface area contributed by atoms with Crippen LogP contribution in [0.15, 0.2) is 59.5 Å². The van der Waals surface area contributed by atoms with E-state index >= 15 is 0 Å². The molecule has 0 unspecified atom stereocenters. The van der Waals surface area contributed by atoms with Crippen molar-refractivity contribution in [3.63, 3.8) is 0 Å². The van der Waals surface area contributed by atoms with Gasteiger partial charge in [0.2, 0.25) is 0 Å². The quantitative estimate of drug-likeness (QED) is 0.698. The Bertz CT molecular complexity index is 816. The Labute approximate surface area is 143 Å². The summed E-state index contributed by atoms with van der Waals surface area (Å²) in [7, 11) is 0. The summed E-state index contributed by atoms with van der Waals surface area (Å²) >= 11 is 0. The Morgan fingerprint density at radius 3 is 2.79 bits per heavy atom. The molecule has 0 aliphatic carbocycles. The molecular weight excluding hydrogens is 296 g/mol. The van der Waals surface area contributed by atoms with Gasteiger partial charge in [-0.25, -0.2) is 0 Å². The van der Waals surface area contributed by atoms with Crippen LogP contribution in [0.4, 0.5) is 0 Å². The average molecular weight is 320 g/mol. The molecule has 0 fully saturated rings. The molecule has 0 saturated heterocycles. The standard InChI is InChI=1S/C21H24N2O/c1-16-6-7-19(13-17(16)2)21-20-5-3-9-22(20)10-4-11-23(21)14-18-8-12-24-15-18/h3,5-9,12-13,15,21H,4,10-11,14H2,1-2H3/t21-/m0/s1. The predicted octanol–water partition coefficient (Wildman–Crippen LogP) is 4.69. The van der Waals surface area contributed by atoms with Crippen LogP contribution in [0.25, 0.3) is 0 Å². The van der Waals surface area contributed by atoms with Gasteiger partial charge in [0.25, 0.3) is 0 Å². The number of nitrogens with zero attached hydrogens (tertiary/aromatic N) is 2. The second kappa shape index (κ2) is 6.33. The van der Waals surface area contributed by atoms with Gasteiger partial charge in [-0.15, -0.1) is 0 Å². The van der Waals surface area contributed by atoms with E-state index < -0.39 is 0 Å². The average Bonchev–Trinajstić information content (AvgIpc) is 3.21. The highest BCUT2D eigenvalue weighted by molar-refractivity contribution is 5.36. The van der Waals surface area contributed by atoms with E-state index in [0.717, 1.165) is 19.6 Å². The van der Waals surface area contributed by atoms with Crippen molar-refractivity contribution in [1.29, 1.82) is 0 Å². The van der Waals surface area contributed by atoms with Crippen LogP contribution in [-0.2, 0) is 13.1 Å². The molecule has 124 valence electrons. The lowest BCUT2D eigenvalue weighted by Gasteiger charge is -2.30. The predicted molar refractivity (Wildman–Crippen MR) is 95.9 cm³/mol. The summed E-state index contributed by atoms with van der Waals surface area (Å²) in [4.78, 5) is 2.58. The summed E-state index contributed by atoms with van der Waals surface area (Å²) in [5, 5.41) is 0. The van der Waals surface area contributed by atoms with Crippen LogP contribution in [0.3, 0.4) is 0 Å². The van der Waals surface area contributed by atoms with Crippen molar-refractivity contribution in [3.05, 3.63) is 83.1 Å². The molecule has 1 aromatic carbocycles. The maximum Gasteiger partial charge on any atom is 0.0947 e. The molecule has 0 radical (unpaired) electrons. The molecule has 2 aromatic heterocycles.